The van der Waals surface area contributed by atoms with Crippen LogP contribution >= 0.6 is 0 Å². The Morgan fingerprint density at radius 2 is 1.77 bits per heavy atom. The number of halogens is 1. The number of carbonyl (C=O) groups is 1. The van der Waals surface area contributed by atoms with Crippen LogP contribution in [0.2, 0.25) is 0 Å². The van der Waals surface area contributed by atoms with Gasteiger partial charge in [0, 0.05) is 38.6 Å². The predicted molar refractivity (Wildman–Crippen MR) is 85.1 cm³/mol. The molecule has 3 nitrogen and oxygen atoms in total. The molecule has 3 rings (SSSR count). The SMILES string of the molecule is O=C(CCc1ccccc1F)N1CCN(C2CCCC2)CC1. The van der Waals surface area contributed by atoms with Crippen molar-refractivity contribution >= 4 is 5.91 Å². The smallest absolute Gasteiger partial charge is 0.222 e. The van der Waals surface area contributed by atoms with Gasteiger partial charge in [-0.2, -0.15) is 0 Å². The maximum Gasteiger partial charge on any atom is 0.222 e. The molecule has 22 heavy (non-hydrogen) atoms. The summed E-state index contributed by atoms with van der Waals surface area (Å²) in [5.41, 5.74) is 0.639. The lowest BCUT2D eigenvalue weighted by Gasteiger charge is -2.38. The van der Waals surface area contributed by atoms with Crippen molar-refractivity contribution in [1.29, 1.82) is 0 Å². The summed E-state index contributed by atoms with van der Waals surface area (Å²) in [7, 11) is 0. The number of hydrogen-bond acceptors (Lipinski definition) is 2. The van der Waals surface area contributed by atoms with Gasteiger partial charge in [0.25, 0.3) is 0 Å². The second-order valence-electron chi connectivity index (χ2n) is 6.45. The minimum absolute atomic E-state index is 0.161. The van der Waals surface area contributed by atoms with Crippen LogP contribution in [0.15, 0.2) is 24.3 Å². The highest BCUT2D eigenvalue weighted by molar-refractivity contribution is 5.76. The molecular formula is C18H25FN2O. The van der Waals surface area contributed by atoms with E-state index in [-0.39, 0.29) is 11.7 Å². The Bertz CT molecular complexity index is 506. The van der Waals surface area contributed by atoms with Crippen LogP contribution < -0.4 is 0 Å². The van der Waals surface area contributed by atoms with Crippen molar-refractivity contribution in [2.75, 3.05) is 26.2 Å². The summed E-state index contributed by atoms with van der Waals surface area (Å²) >= 11 is 0. The highest BCUT2D eigenvalue weighted by Gasteiger charge is 2.27. The number of carbonyl (C=O) groups excluding carboxylic acids is 1. The molecule has 0 aromatic heterocycles. The van der Waals surface area contributed by atoms with Gasteiger partial charge in [-0.1, -0.05) is 31.0 Å². The lowest BCUT2D eigenvalue weighted by molar-refractivity contribution is -0.133. The molecule has 0 bridgehead atoms. The van der Waals surface area contributed by atoms with Gasteiger partial charge in [-0.25, -0.2) is 4.39 Å². The molecule has 2 fully saturated rings. The Labute approximate surface area is 132 Å². The van der Waals surface area contributed by atoms with Crippen LogP contribution in [0, 0.1) is 5.82 Å². The highest BCUT2D eigenvalue weighted by atomic mass is 19.1. The number of hydrogen-bond donors (Lipinski definition) is 0. The van der Waals surface area contributed by atoms with E-state index in [1.54, 1.807) is 12.1 Å². The third-order valence-electron chi connectivity index (χ3n) is 5.07. The summed E-state index contributed by atoms with van der Waals surface area (Å²) in [5.74, 6) is -0.0457. The molecule has 1 aliphatic heterocycles. The molecule has 1 aliphatic carbocycles. The quantitative estimate of drug-likeness (QED) is 0.854. The van der Waals surface area contributed by atoms with Crippen LogP contribution in [-0.2, 0) is 11.2 Å². The first-order valence-corrected chi connectivity index (χ1v) is 8.49. The number of nitrogens with zero attached hydrogens (tertiary/aromatic N) is 2. The number of piperazine rings is 1. The molecule has 0 radical (unpaired) electrons. The lowest BCUT2D eigenvalue weighted by atomic mass is 10.1. The maximum atomic E-state index is 13.6. The van der Waals surface area contributed by atoms with Gasteiger partial charge in [-0.3, -0.25) is 9.69 Å². The standard InChI is InChI=1S/C18H25FN2O/c19-17-8-4-1-5-15(17)9-10-18(22)21-13-11-20(12-14-21)16-6-2-3-7-16/h1,4-5,8,16H,2-3,6-7,9-14H2. The highest BCUT2D eigenvalue weighted by Crippen LogP contribution is 2.24. The molecule has 2 aliphatic rings. The Morgan fingerprint density at radius 3 is 2.45 bits per heavy atom. The van der Waals surface area contributed by atoms with Crippen LogP contribution in [0.25, 0.3) is 0 Å². The summed E-state index contributed by atoms with van der Waals surface area (Å²) in [5, 5.41) is 0. The van der Waals surface area contributed by atoms with Gasteiger partial charge < -0.3 is 4.90 Å². The van der Waals surface area contributed by atoms with Crippen molar-refractivity contribution in [2.45, 2.75) is 44.6 Å². The zero-order valence-electron chi connectivity index (χ0n) is 13.1. The van der Waals surface area contributed by atoms with E-state index in [1.165, 1.54) is 31.7 Å². The minimum Gasteiger partial charge on any atom is -0.340 e. The summed E-state index contributed by atoms with van der Waals surface area (Å²) in [6, 6.07) is 7.48. The van der Waals surface area contributed by atoms with Crippen molar-refractivity contribution in [3.05, 3.63) is 35.6 Å². The van der Waals surface area contributed by atoms with Crippen LogP contribution in [0.1, 0.15) is 37.7 Å². The van der Waals surface area contributed by atoms with E-state index in [0.29, 0.717) is 18.4 Å². The van der Waals surface area contributed by atoms with Gasteiger partial charge in [-0.15, -0.1) is 0 Å². The van der Waals surface area contributed by atoms with Crippen LogP contribution in [0.5, 0.6) is 0 Å². The van der Waals surface area contributed by atoms with Crippen molar-refractivity contribution < 1.29 is 9.18 Å². The van der Waals surface area contributed by atoms with E-state index in [1.807, 2.05) is 11.0 Å². The van der Waals surface area contributed by atoms with Gasteiger partial charge in [0.05, 0.1) is 0 Å². The fourth-order valence-electron chi connectivity index (χ4n) is 3.71. The Hall–Kier alpha value is -1.42. The van der Waals surface area contributed by atoms with Gasteiger partial charge in [0.15, 0.2) is 0 Å². The Morgan fingerprint density at radius 1 is 1.09 bits per heavy atom. The summed E-state index contributed by atoms with van der Waals surface area (Å²) < 4.78 is 13.6. The summed E-state index contributed by atoms with van der Waals surface area (Å²) in [4.78, 5) is 16.8. The van der Waals surface area contributed by atoms with Crippen LogP contribution in [0.3, 0.4) is 0 Å². The topological polar surface area (TPSA) is 23.6 Å². The van der Waals surface area contributed by atoms with Crippen molar-refractivity contribution in [1.82, 2.24) is 9.80 Å². The molecule has 1 aromatic carbocycles. The predicted octanol–water partition coefficient (Wildman–Crippen LogP) is 2.85. The molecule has 1 heterocycles. The van der Waals surface area contributed by atoms with Gasteiger partial charge in [0.1, 0.15) is 5.82 Å². The third kappa shape index (κ3) is 3.67. The van der Waals surface area contributed by atoms with Gasteiger partial charge >= 0.3 is 0 Å². The second-order valence-corrected chi connectivity index (χ2v) is 6.45. The largest absolute Gasteiger partial charge is 0.340 e. The number of aryl methyl sites for hydroxylation is 1. The summed E-state index contributed by atoms with van der Waals surface area (Å²) in [6.07, 6.45) is 6.25. The number of amides is 1. The molecular weight excluding hydrogens is 279 g/mol. The molecule has 0 unspecified atom stereocenters. The van der Waals surface area contributed by atoms with Crippen molar-refractivity contribution in [3.8, 4) is 0 Å². The zero-order chi connectivity index (χ0) is 15.4. The number of rotatable bonds is 4. The van der Waals surface area contributed by atoms with Crippen molar-refractivity contribution in [3.63, 3.8) is 0 Å². The average molecular weight is 304 g/mol. The molecule has 0 spiro atoms. The van der Waals surface area contributed by atoms with E-state index < -0.39 is 0 Å². The van der Waals surface area contributed by atoms with Crippen LogP contribution in [-0.4, -0.2) is 47.9 Å². The normalized spacial score (nSPS) is 20.5. The molecule has 4 heteroatoms. The fraction of sp³-hybridized carbons (Fsp3) is 0.611. The maximum absolute atomic E-state index is 13.6. The first kappa shape index (κ1) is 15.5. The van der Waals surface area contributed by atoms with Crippen molar-refractivity contribution in [2.24, 2.45) is 0 Å². The molecule has 1 saturated heterocycles. The van der Waals surface area contributed by atoms with E-state index in [2.05, 4.69) is 4.90 Å². The Kier molecular flexibility index (Phi) is 5.08. The summed E-state index contributed by atoms with van der Waals surface area (Å²) in [6.45, 7) is 3.64. The molecule has 120 valence electrons. The van der Waals surface area contributed by atoms with E-state index in [9.17, 15) is 9.18 Å². The monoisotopic (exact) mass is 304 g/mol. The van der Waals surface area contributed by atoms with E-state index in [0.717, 1.165) is 32.2 Å². The first-order valence-electron chi connectivity index (χ1n) is 8.49. The molecule has 0 atom stereocenters. The van der Waals surface area contributed by atoms with Gasteiger partial charge in [0.2, 0.25) is 5.91 Å². The fourth-order valence-corrected chi connectivity index (χ4v) is 3.71. The Balaban J connectivity index is 1.45. The second kappa shape index (κ2) is 7.23. The third-order valence-corrected chi connectivity index (χ3v) is 5.07. The minimum atomic E-state index is -0.207. The molecule has 0 N–H and O–H groups in total. The molecule has 1 saturated carbocycles. The molecule has 1 aromatic rings. The first-order chi connectivity index (χ1) is 10.7. The van der Waals surface area contributed by atoms with E-state index >= 15 is 0 Å². The van der Waals surface area contributed by atoms with E-state index in [4.69, 9.17) is 0 Å². The molecule has 1 amide bonds. The van der Waals surface area contributed by atoms with Crippen LogP contribution in [0.4, 0.5) is 4.39 Å². The lowest BCUT2D eigenvalue weighted by Crippen LogP contribution is -2.51. The average Bonchev–Trinajstić information content (AvgIpc) is 3.08. The van der Waals surface area contributed by atoms with Gasteiger partial charge in [-0.05, 0) is 30.9 Å². The number of benzene rings is 1. The zero-order valence-corrected chi connectivity index (χ0v) is 13.1.